The molecule has 112 valence electrons. The molecule has 0 aromatic heterocycles. The molecule has 0 radical (unpaired) electrons. The molecule has 2 unspecified atom stereocenters. The van der Waals surface area contributed by atoms with Gasteiger partial charge >= 0.3 is 0 Å². The lowest BCUT2D eigenvalue weighted by Crippen LogP contribution is -2.59. The van der Waals surface area contributed by atoms with Gasteiger partial charge in [-0.3, -0.25) is 0 Å². The molecule has 1 aliphatic rings. The zero-order chi connectivity index (χ0) is 15.1. The first-order valence-electron chi connectivity index (χ1n) is 6.84. The van der Waals surface area contributed by atoms with Gasteiger partial charge in [0.2, 0.25) is 0 Å². The molecule has 1 saturated heterocycles. The molecular weight excluding hydrogens is 265 g/mol. The van der Waals surface area contributed by atoms with Crippen molar-refractivity contribution in [1.29, 1.82) is 0 Å². The molecule has 5 heteroatoms. The first-order chi connectivity index (χ1) is 9.20. The molecular formula is C15H21F3N2. The molecule has 1 fully saturated rings. The number of nitrogens with zero attached hydrogens (tertiary/aromatic N) is 1. The van der Waals surface area contributed by atoms with Gasteiger partial charge in [0.1, 0.15) is 5.82 Å². The summed E-state index contributed by atoms with van der Waals surface area (Å²) >= 11 is 0. The van der Waals surface area contributed by atoms with Crippen LogP contribution in [0, 0.1) is 22.9 Å². The number of piperazine rings is 1. The standard InChI is InChI=1S/C15H21F3N2/c1-9-7-19-13(15(2,3)4)8-20(9)12-6-10(16)5-11(17)14(12)18/h5-6,9,13,19H,7-8H2,1-4H3. The molecule has 2 atom stereocenters. The van der Waals surface area contributed by atoms with Crippen LogP contribution >= 0.6 is 0 Å². The third-order valence-corrected chi connectivity index (χ3v) is 3.90. The molecule has 1 N–H and O–H groups in total. The molecule has 0 amide bonds. The Morgan fingerprint density at radius 1 is 1.20 bits per heavy atom. The molecule has 0 aliphatic carbocycles. The molecule has 0 saturated carbocycles. The smallest absolute Gasteiger partial charge is 0.182 e. The second-order valence-corrected chi connectivity index (χ2v) is 6.55. The zero-order valence-electron chi connectivity index (χ0n) is 12.3. The highest BCUT2D eigenvalue weighted by Gasteiger charge is 2.34. The van der Waals surface area contributed by atoms with Crippen molar-refractivity contribution in [3.05, 3.63) is 29.6 Å². The maximum absolute atomic E-state index is 14.0. The van der Waals surface area contributed by atoms with Crippen LogP contribution in [0.15, 0.2) is 12.1 Å². The Morgan fingerprint density at radius 2 is 1.85 bits per heavy atom. The van der Waals surface area contributed by atoms with Crippen LogP contribution in [0.1, 0.15) is 27.7 Å². The van der Waals surface area contributed by atoms with Crippen molar-refractivity contribution in [2.45, 2.75) is 39.8 Å². The predicted molar refractivity (Wildman–Crippen MR) is 74.4 cm³/mol. The maximum Gasteiger partial charge on any atom is 0.182 e. The summed E-state index contributed by atoms with van der Waals surface area (Å²) < 4.78 is 40.7. The zero-order valence-corrected chi connectivity index (χ0v) is 12.3. The summed E-state index contributed by atoms with van der Waals surface area (Å²) in [6.07, 6.45) is 0. The summed E-state index contributed by atoms with van der Waals surface area (Å²) in [6.45, 7) is 9.34. The van der Waals surface area contributed by atoms with Gasteiger partial charge in [0.05, 0.1) is 5.69 Å². The average Bonchev–Trinajstić information content (AvgIpc) is 2.33. The van der Waals surface area contributed by atoms with Crippen LogP contribution in [0.4, 0.5) is 18.9 Å². The average molecular weight is 286 g/mol. The Kier molecular flexibility index (Phi) is 4.00. The van der Waals surface area contributed by atoms with Gasteiger partial charge in [-0.2, -0.15) is 0 Å². The van der Waals surface area contributed by atoms with Gasteiger partial charge in [-0.1, -0.05) is 20.8 Å². The van der Waals surface area contributed by atoms with Crippen molar-refractivity contribution < 1.29 is 13.2 Å². The van der Waals surface area contributed by atoms with Crippen molar-refractivity contribution in [1.82, 2.24) is 5.32 Å². The largest absolute Gasteiger partial charge is 0.363 e. The molecule has 2 nitrogen and oxygen atoms in total. The van der Waals surface area contributed by atoms with Crippen LogP contribution in [-0.2, 0) is 0 Å². The minimum Gasteiger partial charge on any atom is -0.363 e. The van der Waals surface area contributed by atoms with E-state index in [9.17, 15) is 13.2 Å². The number of rotatable bonds is 1. The number of benzene rings is 1. The number of halogens is 3. The van der Waals surface area contributed by atoms with E-state index >= 15 is 0 Å². The second-order valence-electron chi connectivity index (χ2n) is 6.55. The summed E-state index contributed by atoms with van der Waals surface area (Å²) in [5.74, 6) is -2.87. The first-order valence-corrected chi connectivity index (χ1v) is 6.84. The minimum atomic E-state index is -1.14. The molecule has 0 bridgehead atoms. The Balaban J connectivity index is 2.35. The van der Waals surface area contributed by atoms with Crippen LogP contribution in [0.3, 0.4) is 0 Å². The molecule has 1 aromatic carbocycles. The van der Waals surface area contributed by atoms with Gasteiger partial charge < -0.3 is 10.2 Å². The summed E-state index contributed by atoms with van der Waals surface area (Å²) in [4.78, 5) is 1.74. The van der Waals surface area contributed by atoms with E-state index in [1.54, 1.807) is 4.90 Å². The number of nitrogens with one attached hydrogen (secondary N) is 1. The van der Waals surface area contributed by atoms with Crippen molar-refractivity contribution in [3.8, 4) is 0 Å². The SMILES string of the molecule is CC1CNC(C(C)(C)C)CN1c1cc(F)cc(F)c1F. The van der Waals surface area contributed by atoms with Crippen molar-refractivity contribution in [2.24, 2.45) is 5.41 Å². The lowest BCUT2D eigenvalue weighted by atomic mass is 9.84. The normalized spacial score (nSPS) is 24.1. The lowest BCUT2D eigenvalue weighted by molar-refractivity contribution is 0.238. The Hall–Kier alpha value is -1.23. The third-order valence-electron chi connectivity index (χ3n) is 3.90. The summed E-state index contributed by atoms with van der Waals surface area (Å²) in [5.41, 5.74) is -0.00783. The first kappa shape index (κ1) is 15.2. The highest BCUT2D eigenvalue weighted by Crippen LogP contribution is 2.30. The number of anilines is 1. The van der Waals surface area contributed by atoms with E-state index < -0.39 is 17.5 Å². The van der Waals surface area contributed by atoms with E-state index in [1.165, 1.54) is 0 Å². The van der Waals surface area contributed by atoms with Gasteiger partial charge in [-0.25, -0.2) is 13.2 Å². The molecule has 1 aromatic rings. The summed E-state index contributed by atoms with van der Waals surface area (Å²) in [7, 11) is 0. The van der Waals surface area contributed by atoms with Crippen LogP contribution in [0.2, 0.25) is 0 Å². The van der Waals surface area contributed by atoms with E-state index in [0.29, 0.717) is 19.2 Å². The highest BCUT2D eigenvalue weighted by molar-refractivity contribution is 5.50. The second kappa shape index (κ2) is 5.28. The van der Waals surface area contributed by atoms with Gasteiger partial charge in [-0.05, 0) is 12.3 Å². The Labute approximate surface area is 118 Å². The van der Waals surface area contributed by atoms with Gasteiger partial charge in [0.25, 0.3) is 0 Å². The van der Waals surface area contributed by atoms with Gasteiger partial charge in [0.15, 0.2) is 11.6 Å². The van der Waals surface area contributed by atoms with Crippen LogP contribution in [-0.4, -0.2) is 25.2 Å². The number of hydrogen-bond acceptors (Lipinski definition) is 2. The van der Waals surface area contributed by atoms with Crippen LogP contribution in [0.25, 0.3) is 0 Å². The predicted octanol–water partition coefficient (Wildman–Crippen LogP) is 3.32. The van der Waals surface area contributed by atoms with E-state index in [-0.39, 0.29) is 23.2 Å². The van der Waals surface area contributed by atoms with Crippen LogP contribution < -0.4 is 10.2 Å². The third kappa shape index (κ3) is 2.92. The molecule has 1 aliphatic heterocycles. The van der Waals surface area contributed by atoms with E-state index in [4.69, 9.17) is 0 Å². The monoisotopic (exact) mass is 286 g/mol. The quantitative estimate of drug-likeness (QED) is 0.797. The fourth-order valence-electron chi connectivity index (χ4n) is 2.53. The Morgan fingerprint density at radius 3 is 2.45 bits per heavy atom. The fourth-order valence-corrected chi connectivity index (χ4v) is 2.53. The highest BCUT2D eigenvalue weighted by atomic mass is 19.2. The molecule has 0 spiro atoms. The lowest BCUT2D eigenvalue weighted by Gasteiger charge is -2.45. The van der Waals surface area contributed by atoms with Gasteiger partial charge in [0, 0.05) is 37.3 Å². The van der Waals surface area contributed by atoms with Crippen LogP contribution in [0.5, 0.6) is 0 Å². The minimum absolute atomic E-state index is 0.00532. The van der Waals surface area contributed by atoms with Crippen molar-refractivity contribution in [3.63, 3.8) is 0 Å². The molecule has 2 rings (SSSR count). The molecule has 1 heterocycles. The topological polar surface area (TPSA) is 15.3 Å². The summed E-state index contributed by atoms with van der Waals surface area (Å²) in [6, 6.07) is 1.75. The van der Waals surface area contributed by atoms with E-state index in [0.717, 1.165) is 6.07 Å². The van der Waals surface area contributed by atoms with Crippen molar-refractivity contribution in [2.75, 3.05) is 18.0 Å². The van der Waals surface area contributed by atoms with E-state index in [1.807, 2.05) is 6.92 Å². The fraction of sp³-hybridized carbons (Fsp3) is 0.600. The molecule has 20 heavy (non-hydrogen) atoms. The maximum atomic E-state index is 14.0. The van der Waals surface area contributed by atoms with E-state index in [2.05, 4.69) is 26.1 Å². The Bertz CT molecular complexity index is 497. The number of hydrogen-bond donors (Lipinski definition) is 1. The summed E-state index contributed by atoms with van der Waals surface area (Å²) in [5, 5.41) is 3.41. The van der Waals surface area contributed by atoms with Gasteiger partial charge in [-0.15, -0.1) is 0 Å². The van der Waals surface area contributed by atoms with Crippen molar-refractivity contribution >= 4 is 5.69 Å².